The van der Waals surface area contributed by atoms with Crippen LogP contribution in [0.5, 0.6) is 0 Å². The first-order valence-electron chi connectivity index (χ1n) is 6.93. The van der Waals surface area contributed by atoms with E-state index in [1.54, 1.807) is 6.56 Å². The zero-order chi connectivity index (χ0) is 17.9. The van der Waals surface area contributed by atoms with Gasteiger partial charge in [-0.25, -0.2) is 16.8 Å². The monoisotopic (exact) mass is 438 g/mol. The van der Waals surface area contributed by atoms with Crippen LogP contribution in [0.25, 0.3) is 0 Å². The van der Waals surface area contributed by atoms with Crippen LogP contribution in [0.4, 0.5) is 0 Å². The number of hydrogen-bond donors (Lipinski definition) is 0. The molecule has 0 amide bonds. The Kier molecular flexibility index (Phi) is 11.1. The van der Waals surface area contributed by atoms with Gasteiger partial charge in [-0.05, 0) is 0 Å². The average Bonchev–Trinajstić information content (AvgIpc) is 3.13. The van der Waals surface area contributed by atoms with E-state index >= 15 is 0 Å². The minimum atomic E-state index is -3.91. The molecular formula is C14H20O6S2Zr. The summed E-state index contributed by atoms with van der Waals surface area (Å²) in [7, 11) is -7.82. The molecule has 23 heavy (non-hydrogen) atoms. The zero-order valence-corrected chi connectivity index (χ0v) is 17.1. The number of allylic oxidation sites excluding steroid dienone is 8. The van der Waals surface area contributed by atoms with Gasteiger partial charge in [0.15, 0.2) is 0 Å². The fourth-order valence-electron chi connectivity index (χ4n) is 1.29. The first-order valence-corrected chi connectivity index (χ1v) is 12.5. The Morgan fingerprint density at radius 3 is 1.35 bits per heavy atom. The van der Waals surface area contributed by atoms with Crippen molar-refractivity contribution in [2.24, 2.45) is 0 Å². The van der Waals surface area contributed by atoms with Gasteiger partial charge in [0, 0.05) is 11.5 Å². The van der Waals surface area contributed by atoms with Gasteiger partial charge in [-0.1, -0.05) is 13.8 Å². The van der Waals surface area contributed by atoms with Crippen LogP contribution in [0.1, 0.15) is 26.7 Å². The minimum absolute atomic E-state index is 0.312. The third kappa shape index (κ3) is 15.0. The van der Waals surface area contributed by atoms with Crippen molar-refractivity contribution in [1.82, 2.24) is 0 Å². The van der Waals surface area contributed by atoms with Crippen LogP contribution in [-0.4, -0.2) is 37.4 Å². The maximum absolute atomic E-state index is 9.44. The molecule has 2 rings (SSSR count). The van der Waals surface area contributed by atoms with Crippen LogP contribution in [0.3, 0.4) is 0 Å². The van der Waals surface area contributed by atoms with Crippen LogP contribution in [0.2, 0.25) is 0 Å². The molecule has 0 aliphatic heterocycles. The van der Waals surface area contributed by atoms with E-state index in [1.807, 2.05) is 0 Å². The SMILES string of the molecule is C1=CC[C]([Zr+2][C]2=CC=CC2)=C1.CCS(=O)(=O)[O-].CCS(=O)(=O)[O-]. The van der Waals surface area contributed by atoms with Crippen molar-refractivity contribution < 1.29 is 49.2 Å². The first kappa shape index (κ1) is 22.7. The van der Waals surface area contributed by atoms with Gasteiger partial charge in [0.1, 0.15) is 0 Å². The van der Waals surface area contributed by atoms with Crippen molar-refractivity contribution >= 4 is 20.2 Å². The molecule has 2 aliphatic carbocycles. The first-order chi connectivity index (χ1) is 10.6. The molecule has 0 aromatic heterocycles. The van der Waals surface area contributed by atoms with Crippen molar-refractivity contribution in [2.45, 2.75) is 26.7 Å². The van der Waals surface area contributed by atoms with Gasteiger partial charge in [0.2, 0.25) is 0 Å². The Balaban J connectivity index is 0.000000349. The minimum Gasteiger partial charge on any atom is -0.748 e. The standard InChI is InChI=1S/2C5H5.2C2H6O3S.Zr/c2*1-2-4-5-3-1;2*1-2-6(3,4)5;/h2*1-3H,4H2;2*2H2,1H3,(H,3,4,5);/q;;;;+2/p-2. The van der Waals surface area contributed by atoms with E-state index in [2.05, 4.69) is 36.5 Å². The Bertz CT molecular complexity index is 625. The third-order valence-electron chi connectivity index (χ3n) is 2.57. The summed E-state index contributed by atoms with van der Waals surface area (Å²) in [6.07, 6.45) is 16.0. The van der Waals surface area contributed by atoms with E-state index in [0.717, 1.165) is 0 Å². The van der Waals surface area contributed by atoms with Gasteiger partial charge in [-0.3, -0.25) is 0 Å². The molecular weight excluding hydrogens is 420 g/mol. The van der Waals surface area contributed by atoms with Crippen molar-refractivity contribution in [2.75, 3.05) is 11.5 Å². The van der Waals surface area contributed by atoms with E-state index in [1.165, 1.54) is 26.7 Å². The summed E-state index contributed by atoms with van der Waals surface area (Å²) in [5.41, 5.74) is 0. The molecule has 0 fully saturated rings. The molecule has 9 heteroatoms. The molecule has 0 aromatic carbocycles. The Hall–Kier alpha value is -0.337. The predicted molar refractivity (Wildman–Crippen MR) is 84.2 cm³/mol. The Morgan fingerprint density at radius 2 is 1.17 bits per heavy atom. The molecule has 2 aliphatic rings. The molecule has 128 valence electrons. The summed E-state index contributed by atoms with van der Waals surface area (Å²) in [5, 5.41) is 0. The van der Waals surface area contributed by atoms with E-state index in [9.17, 15) is 25.9 Å². The average molecular weight is 440 g/mol. The fourth-order valence-corrected chi connectivity index (χ4v) is 4.26. The van der Waals surface area contributed by atoms with E-state index in [4.69, 9.17) is 0 Å². The van der Waals surface area contributed by atoms with Crippen LogP contribution >= 0.6 is 0 Å². The molecule has 0 radical (unpaired) electrons. The van der Waals surface area contributed by atoms with Crippen LogP contribution in [0.15, 0.2) is 43.0 Å². The van der Waals surface area contributed by atoms with Crippen molar-refractivity contribution in [3.63, 3.8) is 0 Å². The summed E-state index contributed by atoms with van der Waals surface area (Å²) < 4.78 is 60.1. The molecule has 0 aromatic rings. The van der Waals surface area contributed by atoms with Crippen LogP contribution in [-0.2, 0) is 43.5 Å². The topological polar surface area (TPSA) is 114 Å². The maximum Gasteiger partial charge on any atom is 0.0943 e. The Morgan fingerprint density at radius 1 is 0.870 bits per heavy atom. The summed E-state index contributed by atoms with van der Waals surface area (Å²) >= 11 is -0.312. The molecule has 0 N–H and O–H groups in total. The van der Waals surface area contributed by atoms with Crippen molar-refractivity contribution in [1.29, 1.82) is 0 Å². The van der Waals surface area contributed by atoms with Crippen molar-refractivity contribution in [3.05, 3.63) is 43.0 Å². The second-order valence-corrected chi connectivity index (χ2v) is 11.6. The van der Waals surface area contributed by atoms with E-state index in [0.29, 0.717) is 0 Å². The number of rotatable bonds is 4. The molecule has 0 unspecified atom stereocenters. The van der Waals surface area contributed by atoms with Gasteiger partial charge in [0.05, 0.1) is 20.2 Å². The molecule has 0 saturated carbocycles. The predicted octanol–water partition coefficient (Wildman–Crippen LogP) is 1.86. The summed E-state index contributed by atoms with van der Waals surface area (Å²) in [5.74, 6) is -0.625. The molecule has 0 spiro atoms. The largest absolute Gasteiger partial charge is 0.748 e. The van der Waals surface area contributed by atoms with Crippen molar-refractivity contribution in [3.8, 4) is 0 Å². The van der Waals surface area contributed by atoms with Gasteiger partial charge in [-0.15, -0.1) is 0 Å². The third-order valence-corrected chi connectivity index (χ3v) is 7.39. The molecule has 0 atom stereocenters. The molecule has 0 bridgehead atoms. The van der Waals surface area contributed by atoms with Crippen LogP contribution < -0.4 is 0 Å². The van der Waals surface area contributed by atoms with Gasteiger partial charge in [-0.2, -0.15) is 0 Å². The summed E-state index contributed by atoms with van der Waals surface area (Å²) in [4.78, 5) is 0. The van der Waals surface area contributed by atoms with E-state index in [-0.39, 0.29) is 34.7 Å². The molecule has 6 nitrogen and oxygen atoms in total. The van der Waals surface area contributed by atoms with Gasteiger partial charge < -0.3 is 9.11 Å². The van der Waals surface area contributed by atoms with Gasteiger partial charge >= 0.3 is 79.1 Å². The molecule has 0 saturated heterocycles. The smallest absolute Gasteiger partial charge is 0.0943 e. The normalized spacial score (nSPS) is 15.7. The second-order valence-electron chi connectivity index (χ2n) is 4.47. The summed E-state index contributed by atoms with van der Waals surface area (Å²) in [6.45, 7) is 2.62. The second kappa shape index (κ2) is 11.3. The van der Waals surface area contributed by atoms with E-state index < -0.39 is 20.2 Å². The Labute approximate surface area is 150 Å². The van der Waals surface area contributed by atoms with Gasteiger partial charge in [0.25, 0.3) is 0 Å². The maximum atomic E-state index is 9.44. The zero-order valence-electron chi connectivity index (χ0n) is 13.1. The number of hydrogen-bond acceptors (Lipinski definition) is 6. The fraction of sp³-hybridized carbons (Fsp3) is 0.429. The molecule has 0 heterocycles. The van der Waals surface area contributed by atoms with Crippen LogP contribution in [0, 0.1) is 0 Å². The quantitative estimate of drug-likeness (QED) is 0.618. The summed E-state index contributed by atoms with van der Waals surface area (Å²) in [6, 6.07) is 0.